The molecule has 0 aliphatic rings. The van der Waals surface area contributed by atoms with E-state index in [1.54, 1.807) is 17.4 Å². The normalized spacial score (nSPS) is 10.8. The van der Waals surface area contributed by atoms with Gasteiger partial charge in [-0.2, -0.15) is 0 Å². The lowest BCUT2D eigenvalue weighted by Gasteiger charge is -2.05. The van der Waals surface area contributed by atoms with Crippen molar-refractivity contribution in [2.45, 2.75) is 19.8 Å². The predicted octanol–water partition coefficient (Wildman–Crippen LogP) is 2.97. The summed E-state index contributed by atoms with van der Waals surface area (Å²) in [4.78, 5) is 5.54. The van der Waals surface area contributed by atoms with Crippen molar-refractivity contribution in [3.05, 3.63) is 51.7 Å². The molecule has 0 bridgehead atoms. The zero-order chi connectivity index (χ0) is 12.8. The fraction of sp³-hybridized carbons (Fsp3) is 0.357. The van der Waals surface area contributed by atoms with Crippen LogP contribution in [-0.4, -0.2) is 18.1 Å². The van der Waals surface area contributed by atoms with Crippen molar-refractivity contribution in [2.24, 2.45) is 0 Å². The molecule has 2 nitrogen and oxygen atoms in total. The van der Waals surface area contributed by atoms with Crippen LogP contribution in [0.15, 0.2) is 29.8 Å². The van der Waals surface area contributed by atoms with E-state index < -0.39 is 0 Å². The minimum atomic E-state index is -0.113. The van der Waals surface area contributed by atoms with Crippen molar-refractivity contribution in [3.63, 3.8) is 0 Å². The summed E-state index contributed by atoms with van der Waals surface area (Å²) in [5, 5.41) is 3.34. The number of nitrogens with zero attached hydrogens (tertiary/aromatic N) is 1. The van der Waals surface area contributed by atoms with E-state index in [1.165, 1.54) is 10.9 Å². The number of thiazole rings is 1. The highest BCUT2D eigenvalue weighted by molar-refractivity contribution is 7.09. The molecule has 1 heterocycles. The van der Waals surface area contributed by atoms with Gasteiger partial charge in [-0.05, 0) is 37.9 Å². The SMILES string of the molecule is Cc1ncsc1CCNCCc1ccccc1F. The summed E-state index contributed by atoms with van der Waals surface area (Å²) < 4.78 is 13.3. The second-order valence-corrected chi connectivity index (χ2v) is 5.14. The van der Waals surface area contributed by atoms with E-state index in [-0.39, 0.29) is 5.82 Å². The number of aryl methyl sites for hydroxylation is 1. The third-order valence-electron chi connectivity index (χ3n) is 2.90. The Balaban J connectivity index is 1.68. The van der Waals surface area contributed by atoms with Crippen LogP contribution in [-0.2, 0) is 12.8 Å². The average Bonchev–Trinajstić information content (AvgIpc) is 2.77. The Morgan fingerprint density at radius 3 is 2.72 bits per heavy atom. The van der Waals surface area contributed by atoms with Gasteiger partial charge in [-0.3, -0.25) is 0 Å². The number of hydrogen-bond donors (Lipinski definition) is 1. The second kappa shape index (κ2) is 6.61. The molecular formula is C14H17FN2S. The highest BCUT2D eigenvalue weighted by atomic mass is 32.1. The fourth-order valence-corrected chi connectivity index (χ4v) is 2.60. The highest BCUT2D eigenvalue weighted by Crippen LogP contribution is 2.12. The van der Waals surface area contributed by atoms with Crippen LogP contribution >= 0.6 is 11.3 Å². The van der Waals surface area contributed by atoms with Gasteiger partial charge in [0.15, 0.2) is 0 Å². The molecule has 1 aromatic heterocycles. The molecule has 0 atom stereocenters. The molecule has 0 radical (unpaired) electrons. The zero-order valence-electron chi connectivity index (χ0n) is 10.4. The van der Waals surface area contributed by atoms with Gasteiger partial charge in [-0.1, -0.05) is 18.2 Å². The molecule has 18 heavy (non-hydrogen) atoms. The number of rotatable bonds is 6. The van der Waals surface area contributed by atoms with Crippen LogP contribution in [0, 0.1) is 12.7 Å². The molecule has 0 amide bonds. The Kier molecular flexibility index (Phi) is 4.84. The summed E-state index contributed by atoms with van der Waals surface area (Å²) >= 11 is 1.70. The third kappa shape index (κ3) is 3.62. The summed E-state index contributed by atoms with van der Waals surface area (Å²) in [5.74, 6) is -0.113. The van der Waals surface area contributed by atoms with Gasteiger partial charge in [0.1, 0.15) is 5.82 Å². The first kappa shape index (κ1) is 13.2. The second-order valence-electron chi connectivity index (χ2n) is 4.20. The van der Waals surface area contributed by atoms with Crippen LogP contribution in [0.2, 0.25) is 0 Å². The van der Waals surface area contributed by atoms with Crippen molar-refractivity contribution >= 4 is 11.3 Å². The van der Waals surface area contributed by atoms with Gasteiger partial charge < -0.3 is 5.32 Å². The van der Waals surface area contributed by atoms with Gasteiger partial charge in [-0.25, -0.2) is 9.37 Å². The largest absolute Gasteiger partial charge is 0.316 e. The molecule has 0 saturated carbocycles. The van der Waals surface area contributed by atoms with Crippen LogP contribution in [0.25, 0.3) is 0 Å². The van der Waals surface area contributed by atoms with E-state index >= 15 is 0 Å². The number of nitrogens with one attached hydrogen (secondary N) is 1. The minimum absolute atomic E-state index is 0.113. The molecule has 2 rings (SSSR count). The van der Waals surface area contributed by atoms with Crippen molar-refractivity contribution in [3.8, 4) is 0 Å². The van der Waals surface area contributed by atoms with E-state index in [0.29, 0.717) is 0 Å². The Hall–Kier alpha value is -1.26. The first-order chi connectivity index (χ1) is 8.77. The summed E-state index contributed by atoms with van der Waals surface area (Å²) in [6.45, 7) is 3.75. The molecule has 1 N–H and O–H groups in total. The van der Waals surface area contributed by atoms with Crippen molar-refractivity contribution < 1.29 is 4.39 Å². The number of hydrogen-bond acceptors (Lipinski definition) is 3. The maximum absolute atomic E-state index is 13.3. The number of aromatic nitrogens is 1. The van der Waals surface area contributed by atoms with E-state index in [4.69, 9.17) is 0 Å². The van der Waals surface area contributed by atoms with Gasteiger partial charge >= 0.3 is 0 Å². The molecule has 4 heteroatoms. The predicted molar refractivity (Wildman–Crippen MR) is 73.5 cm³/mol. The van der Waals surface area contributed by atoms with Crippen LogP contribution in [0.1, 0.15) is 16.1 Å². The smallest absolute Gasteiger partial charge is 0.126 e. The van der Waals surface area contributed by atoms with E-state index in [1.807, 2.05) is 24.6 Å². The number of benzene rings is 1. The van der Waals surface area contributed by atoms with Gasteiger partial charge in [0.05, 0.1) is 11.2 Å². The zero-order valence-corrected chi connectivity index (χ0v) is 11.3. The van der Waals surface area contributed by atoms with E-state index in [0.717, 1.165) is 37.2 Å². The van der Waals surface area contributed by atoms with Gasteiger partial charge in [0.2, 0.25) is 0 Å². The number of halogens is 1. The summed E-state index contributed by atoms with van der Waals surface area (Å²) in [7, 11) is 0. The first-order valence-corrected chi connectivity index (χ1v) is 6.98. The molecule has 0 saturated heterocycles. The quantitative estimate of drug-likeness (QED) is 0.811. The third-order valence-corrected chi connectivity index (χ3v) is 3.90. The fourth-order valence-electron chi connectivity index (χ4n) is 1.82. The molecular weight excluding hydrogens is 247 g/mol. The molecule has 0 unspecified atom stereocenters. The van der Waals surface area contributed by atoms with Crippen LogP contribution in [0.4, 0.5) is 4.39 Å². The minimum Gasteiger partial charge on any atom is -0.316 e. The maximum Gasteiger partial charge on any atom is 0.126 e. The lowest BCUT2D eigenvalue weighted by Crippen LogP contribution is -2.20. The van der Waals surface area contributed by atoms with Crippen LogP contribution in [0.5, 0.6) is 0 Å². The summed E-state index contributed by atoms with van der Waals surface area (Å²) in [6.07, 6.45) is 1.72. The summed E-state index contributed by atoms with van der Waals surface area (Å²) in [5.41, 5.74) is 3.78. The van der Waals surface area contributed by atoms with Gasteiger partial charge in [0, 0.05) is 11.4 Å². The van der Waals surface area contributed by atoms with Crippen molar-refractivity contribution in [1.29, 1.82) is 0 Å². The topological polar surface area (TPSA) is 24.9 Å². The van der Waals surface area contributed by atoms with Crippen LogP contribution in [0.3, 0.4) is 0 Å². The van der Waals surface area contributed by atoms with Crippen LogP contribution < -0.4 is 5.32 Å². The lowest BCUT2D eigenvalue weighted by molar-refractivity contribution is 0.598. The summed E-state index contributed by atoms with van der Waals surface area (Å²) in [6, 6.07) is 6.94. The highest BCUT2D eigenvalue weighted by Gasteiger charge is 2.02. The lowest BCUT2D eigenvalue weighted by atomic mass is 10.1. The Morgan fingerprint density at radius 2 is 2.00 bits per heavy atom. The average molecular weight is 264 g/mol. The van der Waals surface area contributed by atoms with E-state index in [2.05, 4.69) is 10.3 Å². The van der Waals surface area contributed by atoms with Crippen molar-refractivity contribution in [1.82, 2.24) is 10.3 Å². The monoisotopic (exact) mass is 264 g/mol. The van der Waals surface area contributed by atoms with Gasteiger partial charge in [-0.15, -0.1) is 11.3 Å². The molecule has 96 valence electrons. The molecule has 0 spiro atoms. The molecule has 0 aliphatic carbocycles. The Bertz CT molecular complexity index is 496. The Morgan fingerprint density at radius 1 is 1.22 bits per heavy atom. The molecule has 1 aromatic carbocycles. The van der Waals surface area contributed by atoms with Crippen molar-refractivity contribution in [2.75, 3.05) is 13.1 Å². The maximum atomic E-state index is 13.3. The standard InChI is InChI=1S/C14H17FN2S/c1-11-14(18-10-17-11)7-9-16-8-6-12-4-2-3-5-13(12)15/h2-5,10,16H,6-9H2,1H3. The van der Waals surface area contributed by atoms with Gasteiger partial charge in [0.25, 0.3) is 0 Å². The first-order valence-electron chi connectivity index (χ1n) is 6.10. The van der Waals surface area contributed by atoms with E-state index in [9.17, 15) is 4.39 Å². The Labute approximate surface area is 111 Å². The molecule has 0 fully saturated rings. The molecule has 2 aromatic rings. The molecule has 0 aliphatic heterocycles.